The van der Waals surface area contributed by atoms with Gasteiger partial charge >= 0.3 is 5.95 Å². The molecule has 2 heterocycles. The standard InChI is InChI=1S/C10H16N4O2/c1-2-8-7-9(12-10(11)14(8)15)13-3-5-16-6-4-13/h7H,2-6H2,1H3,(H2,11,12). The number of anilines is 2. The largest absolute Gasteiger partial charge is 0.740 e. The van der Waals surface area contributed by atoms with Gasteiger partial charge in [0.25, 0.3) is 0 Å². The minimum Gasteiger partial charge on any atom is -0.740 e. The maximum atomic E-state index is 11.5. The first-order chi connectivity index (χ1) is 7.72. The second kappa shape index (κ2) is 4.52. The van der Waals surface area contributed by atoms with Gasteiger partial charge in [-0.3, -0.25) is 5.73 Å². The molecule has 1 aliphatic heterocycles. The molecule has 1 fully saturated rings. The van der Waals surface area contributed by atoms with E-state index in [9.17, 15) is 5.21 Å². The Morgan fingerprint density at radius 2 is 2.25 bits per heavy atom. The van der Waals surface area contributed by atoms with Gasteiger partial charge in [0, 0.05) is 19.2 Å². The van der Waals surface area contributed by atoms with Gasteiger partial charge in [-0.15, -0.1) is 0 Å². The van der Waals surface area contributed by atoms with E-state index in [2.05, 4.69) is 9.88 Å². The molecule has 6 heteroatoms. The van der Waals surface area contributed by atoms with Gasteiger partial charge in [0.1, 0.15) is 0 Å². The Morgan fingerprint density at radius 3 is 2.88 bits per heavy atom. The number of rotatable bonds is 2. The number of hydrogen-bond donors (Lipinski definition) is 1. The second-order valence-corrected chi connectivity index (χ2v) is 3.71. The molecule has 2 rings (SSSR count). The number of nitrogen functional groups attached to an aromatic ring is 1. The van der Waals surface area contributed by atoms with Crippen molar-refractivity contribution in [3.05, 3.63) is 17.0 Å². The Kier molecular flexibility index (Phi) is 3.09. The average molecular weight is 224 g/mol. The summed E-state index contributed by atoms with van der Waals surface area (Å²) in [7, 11) is 0. The molecule has 0 bridgehead atoms. The van der Waals surface area contributed by atoms with Crippen LogP contribution in [0.15, 0.2) is 6.07 Å². The fourth-order valence-corrected chi connectivity index (χ4v) is 1.75. The third-order valence-corrected chi connectivity index (χ3v) is 2.69. The molecule has 0 saturated carbocycles. The molecule has 0 radical (unpaired) electrons. The molecule has 16 heavy (non-hydrogen) atoms. The molecule has 0 aliphatic carbocycles. The molecule has 6 nitrogen and oxygen atoms in total. The molecular formula is C10H16N4O2. The van der Waals surface area contributed by atoms with Crippen LogP contribution in [-0.4, -0.2) is 31.3 Å². The highest BCUT2D eigenvalue weighted by atomic mass is 16.5. The van der Waals surface area contributed by atoms with Crippen LogP contribution in [0.3, 0.4) is 0 Å². The smallest absolute Gasteiger partial charge is 0.392 e. The summed E-state index contributed by atoms with van der Waals surface area (Å²) in [4.78, 5) is 6.19. The first-order valence-corrected chi connectivity index (χ1v) is 5.44. The predicted octanol–water partition coefficient (Wildman–Crippen LogP) is -0.304. The molecule has 0 spiro atoms. The number of hydrogen-bond acceptors (Lipinski definition) is 5. The van der Waals surface area contributed by atoms with Crippen LogP contribution in [-0.2, 0) is 11.2 Å². The summed E-state index contributed by atoms with van der Waals surface area (Å²) in [5, 5.41) is 11.5. The van der Waals surface area contributed by atoms with Gasteiger partial charge in [-0.05, 0) is 6.42 Å². The maximum absolute atomic E-state index is 11.5. The molecule has 0 aromatic carbocycles. The summed E-state index contributed by atoms with van der Waals surface area (Å²) in [6.45, 7) is 4.88. The highest BCUT2D eigenvalue weighted by Gasteiger charge is 2.18. The molecule has 1 aromatic heterocycles. The number of aromatic nitrogens is 2. The quantitative estimate of drug-likeness (QED) is 0.551. The molecule has 88 valence electrons. The molecule has 1 saturated heterocycles. The third kappa shape index (κ3) is 2.01. The lowest BCUT2D eigenvalue weighted by Gasteiger charge is -2.26. The highest BCUT2D eigenvalue weighted by molar-refractivity contribution is 5.41. The van der Waals surface area contributed by atoms with E-state index in [-0.39, 0.29) is 5.95 Å². The van der Waals surface area contributed by atoms with Crippen LogP contribution in [0, 0.1) is 5.21 Å². The minimum absolute atomic E-state index is 0.0147. The van der Waals surface area contributed by atoms with E-state index in [1.54, 1.807) is 6.07 Å². The van der Waals surface area contributed by atoms with Crippen molar-refractivity contribution in [2.75, 3.05) is 36.9 Å². The fraction of sp³-hybridized carbons (Fsp3) is 0.600. The van der Waals surface area contributed by atoms with Gasteiger partial charge in [0.15, 0.2) is 0 Å². The first kappa shape index (κ1) is 10.9. The third-order valence-electron chi connectivity index (χ3n) is 2.69. The summed E-state index contributed by atoms with van der Waals surface area (Å²) in [5.41, 5.74) is 6.23. The monoisotopic (exact) mass is 224 g/mol. The van der Waals surface area contributed by atoms with E-state index < -0.39 is 0 Å². The second-order valence-electron chi connectivity index (χ2n) is 3.71. The highest BCUT2D eigenvalue weighted by Crippen LogP contribution is 2.14. The van der Waals surface area contributed by atoms with Gasteiger partial charge in [-0.1, -0.05) is 11.9 Å². The number of ether oxygens (including phenoxy) is 1. The zero-order valence-corrected chi connectivity index (χ0v) is 9.35. The summed E-state index contributed by atoms with van der Waals surface area (Å²) < 4.78 is 5.95. The Hall–Kier alpha value is -1.56. The van der Waals surface area contributed by atoms with Gasteiger partial charge < -0.3 is 14.8 Å². The SMILES string of the molecule is CCc1cc(N2CCOCC2)nc(N)[n+]1[O-]. The van der Waals surface area contributed by atoms with E-state index in [0.717, 1.165) is 18.9 Å². The Labute approximate surface area is 94.2 Å². The lowest BCUT2D eigenvalue weighted by molar-refractivity contribution is -0.601. The van der Waals surface area contributed by atoms with Crippen LogP contribution in [0.25, 0.3) is 0 Å². The van der Waals surface area contributed by atoms with Gasteiger partial charge in [-0.25, -0.2) is 4.73 Å². The van der Waals surface area contributed by atoms with E-state index in [4.69, 9.17) is 10.5 Å². The number of morpholine rings is 1. The van der Waals surface area contributed by atoms with Crippen molar-refractivity contribution in [3.63, 3.8) is 0 Å². The molecule has 0 atom stereocenters. The van der Waals surface area contributed by atoms with Crippen LogP contribution in [0.2, 0.25) is 0 Å². The van der Waals surface area contributed by atoms with Crippen molar-refractivity contribution in [3.8, 4) is 0 Å². The summed E-state index contributed by atoms with van der Waals surface area (Å²) in [6, 6.07) is 1.80. The lowest BCUT2D eigenvalue weighted by Crippen LogP contribution is -2.41. The topological polar surface area (TPSA) is 78.3 Å². The maximum Gasteiger partial charge on any atom is 0.392 e. The van der Waals surface area contributed by atoms with Crippen LogP contribution in [0.5, 0.6) is 0 Å². The Balaban J connectivity index is 2.29. The summed E-state index contributed by atoms with van der Waals surface area (Å²) in [5.74, 6) is 0.783. The lowest BCUT2D eigenvalue weighted by atomic mass is 10.3. The van der Waals surface area contributed by atoms with Crippen molar-refractivity contribution in [1.82, 2.24) is 4.98 Å². The molecule has 1 aliphatic rings. The normalized spacial score (nSPS) is 16.4. The number of nitrogens with zero attached hydrogens (tertiary/aromatic N) is 3. The van der Waals surface area contributed by atoms with Gasteiger partial charge in [0.2, 0.25) is 5.82 Å². The molecule has 0 unspecified atom stereocenters. The van der Waals surface area contributed by atoms with E-state index in [1.165, 1.54) is 0 Å². The number of nitrogens with two attached hydrogens (primary N) is 1. The Bertz CT molecular complexity index is 377. The predicted molar refractivity (Wildman–Crippen MR) is 60.0 cm³/mol. The first-order valence-electron chi connectivity index (χ1n) is 5.44. The van der Waals surface area contributed by atoms with Crippen molar-refractivity contribution in [1.29, 1.82) is 0 Å². The zero-order chi connectivity index (χ0) is 11.5. The van der Waals surface area contributed by atoms with Crippen LogP contribution < -0.4 is 15.4 Å². The average Bonchev–Trinajstić information content (AvgIpc) is 2.33. The number of aryl methyl sites for hydroxylation is 1. The van der Waals surface area contributed by atoms with Crippen molar-refractivity contribution >= 4 is 11.8 Å². The van der Waals surface area contributed by atoms with E-state index >= 15 is 0 Å². The fourth-order valence-electron chi connectivity index (χ4n) is 1.75. The molecular weight excluding hydrogens is 208 g/mol. The van der Waals surface area contributed by atoms with Crippen LogP contribution >= 0.6 is 0 Å². The van der Waals surface area contributed by atoms with E-state index in [1.807, 2.05) is 6.92 Å². The van der Waals surface area contributed by atoms with Crippen molar-refractivity contribution < 1.29 is 9.47 Å². The molecule has 1 aromatic rings. The van der Waals surface area contributed by atoms with Crippen LogP contribution in [0.4, 0.5) is 11.8 Å². The van der Waals surface area contributed by atoms with Crippen molar-refractivity contribution in [2.45, 2.75) is 13.3 Å². The zero-order valence-electron chi connectivity index (χ0n) is 9.35. The van der Waals surface area contributed by atoms with Crippen molar-refractivity contribution in [2.24, 2.45) is 0 Å². The Morgan fingerprint density at radius 1 is 1.56 bits per heavy atom. The van der Waals surface area contributed by atoms with Gasteiger partial charge in [-0.2, -0.15) is 0 Å². The molecule has 0 amide bonds. The molecule has 2 N–H and O–H groups in total. The minimum atomic E-state index is 0.0147. The van der Waals surface area contributed by atoms with E-state index in [0.29, 0.717) is 30.1 Å². The summed E-state index contributed by atoms with van der Waals surface area (Å²) >= 11 is 0. The van der Waals surface area contributed by atoms with Crippen LogP contribution in [0.1, 0.15) is 12.6 Å². The van der Waals surface area contributed by atoms with Gasteiger partial charge in [0.05, 0.1) is 18.9 Å². The summed E-state index contributed by atoms with van der Waals surface area (Å²) in [6.07, 6.45) is 0.646.